The van der Waals surface area contributed by atoms with Crippen molar-refractivity contribution in [3.8, 4) is 0 Å². The summed E-state index contributed by atoms with van der Waals surface area (Å²) in [4.78, 5) is 20.6. The number of hydrogen-bond donors (Lipinski definition) is 1. The molecule has 0 radical (unpaired) electrons. The van der Waals surface area contributed by atoms with Crippen LogP contribution in [0.5, 0.6) is 0 Å². The molecule has 0 aliphatic heterocycles. The van der Waals surface area contributed by atoms with Crippen LogP contribution in [0.2, 0.25) is 0 Å². The van der Waals surface area contributed by atoms with Gasteiger partial charge >= 0.3 is 0 Å². The van der Waals surface area contributed by atoms with Gasteiger partial charge in [0.15, 0.2) is 5.16 Å². The number of nitrogens with zero attached hydrogens (tertiary/aromatic N) is 3. The Morgan fingerprint density at radius 3 is 2.75 bits per heavy atom. The highest BCUT2D eigenvalue weighted by Gasteiger charge is 2.50. The van der Waals surface area contributed by atoms with Gasteiger partial charge in [0, 0.05) is 11.4 Å². The van der Waals surface area contributed by atoms with E-state index < -0.39 is 0 Å². The smallest absolute Gasteiger partial charge is 0.250 e. The number of allylic oxidation sites excluding steroid dienone is 2. The van der Waals surface area contributed by atoms with Crippen molar-refractivity contribution in [1.29, 1.82) is 0 Å². The molecule has 0 aromatic carbocycles. The topological polar surface area (TPSA) is 67.2 Å². The third-order valence-electron chi connectivity index (χ3n) is 5.21. The highest BCUT2D eigenvalue weighted by atomic mass is 32.2. The zero-order chi connectivity index (χ0) is 17.3. The molecule has 0 spiro atoms. The molecule has 4 rings (SSSR count). The molecule has 1 fully saturated rings. The van der Waals surface area contributed by atoms with E-state index in [2.05, 4.69) is 40.4 Å². The van der Waals surface area contributed by atoms with Crippen molar-refractivity contribution in [3.05, 3.63) is 29.1 Å². The van der Waals surface area contributed by atoms with E-state index >= 15 is 0 Å². The summed E-state index contributed by atoms with van der Waals surface area (Å²) in [5, 5.41) is 4.76. The second kappa shape index (κ2) is 6.67. The number of fused-ring (bicyclic) bond motifs is 1. The van der Waals surface area contributed by atoms with Crippen molar-refractivity contribution < 1.29 is 4.79 Å². The Morgan fingerprint density at radius 1 is 1.42 bits per heavy atom. The van der Waals surface area contributed by atoms with Crippen LogP contribution >= 0.6 is 11.8 Å². The van der Waals surface area contributed by atoms with Crippen LogP contribution in [-0.2, 0) is 4.79 Å². The lowest BCUT2D eigenvalue weighted by Crippen LogP contribution is -2.48. The normalized spacial score (nSPS) is 24.4. The highest BCUT2D eigenvalue weighted by Crippen LogP contribution is 2.58. The standard InChI is InChI=1S/C18H24N4OS/c1-11-7-12(2)21-17(20-11)24-10-16(23)22-19-9-13-5-6-14-8-15(13)18(14,3)4/h5,7,9,14-15H,6,8,10H2,1-4H3,(H,22,23)/b19-9-/t14-,15+/m1/s1. The van der Waals surface area contributed by atoms with Gasteiger partial charge in [0.1, 0.15) is 0 Å². The first-order chi connectivity index (χ1) is 11.4. The van der Waals surface area contributed by atoms with Gasteiger partial charge in [-0.15, -0.1) is 0 Å². The van der Waals surface area contributed by atoms with Gasteiger partial charge < -0.3 is 0 Å². The van der Waals surface area contributed by atoms with Crippen LogP contribution in [0.3, 0.4) is 0 Å². The molecular weight excluding hydrogens is 320 g/mol. The lowest BCUT2D eigenvalue weighted by atomic mass is 9.49. The maximum absolute atomic E-state index is 11.9. The second-order valence-electron chi connectivity index (χ2n) is 7.26. The van der Waals surface area contributed by atoms with E-state index in [4.69, 9.17) is 0 Å². The summed E-state index contributed by atoms with van der Waals surface area (Å²) in [6, 6.07) is 1.92. The third kappa shape index (κ3) is 3.53. The predicted octanol–water partition coefficient (Wildman–Crippen LogP) is 3.28. The van der Waals surface area contributed by atoms with Gasteiger partial charge in [0.25, 0.3) is 5.91 Å². The number of aromatic nitrogens is 2. The molecule has 1 heterocycles. The van der Waals surface area contributed by atoms with Crippen LogP contribution in [0.1, 0.15) is 38.1 Å². The fraction of sp³-hybridized carbons (Fsp3) is 0.556. The maximum atomic E-state index is 11.9. The largest absolute Gasteiger partial charge is 0.272 e. The highest BCUT2D eigenvalue weighted by molar-refractivity contribution is 7.99. The van der Waals surface area contributed by atoms with Gasteiger partial charge in [-0.05, 0) is 55.6 Å². The van der Waals surface area contributed by atoms with E-state index in [0.29, 0.717) is 16.5 Å². The molecule has 0 saturated heterocycles. The molecule has 1 saturated carbocycles. The van der Waals surface area contributed by atoms with Crippen LogP contribution in [0.15, 0.2) is 28.0 Å². The molecule has 5 nitrogen and oxygen atoms in total. The van der Waals surface area contributed by atoms with E-state index in [1.807, 2.05) is 26.1 Å². The Bertz CT molecular complexity index is 691. The molecule has 6 heteroatoms. The number of carbonyl (C=O) groups excluding carboxylic acids is 1. The quantitative estimate of drug-likeness (QED) is 0.385. The molecule has 1 aromatic heterocycles. The number of amides is 1. The van der Waals surface area contributed by atoms with Crippen molar-refractivity contribution >= 4 is 23.9 Å². The van der Waals surface area contributed by atoms with Gasteiger partial charge in [-0.1, -0.05) is 31.7 Å². The zero-order valence-corrected chi connectivity index (χ0v) is 15.5. The maximum Gasteiger partial charge on any atom is 0.250 e. The zero-order valence-electron chi connectivity index (χ0n) is 14.7. The van der Waals surface area contributed by atoms with Gasteiger partial charge in [-0.25, -0.2) is 15.4 Å². The van der Waals surface area contributed by atoms with E-state index in [0.717, 1.165) is 23.7 Å². The van der Waals surface area contributed by atoms with Crippen LogP contribution in [0.25, 0.3) is 0 Å². The molecule has 3 aliphatic rings. The number of thioether (sulfide) groups is 1. The summed E-state index contributed by atoms with van der Waals surface area (Å²) >= 11 is 1.33. The second-order valence-corrected chi connectivity index (χ2v) is 8.20. The number of carbonyl (C=O) groups is 1. The lowest BCUT2D eigenvalue weighted by molar-refractivity contribution is -0.118. The molecule has 1 amide bonds. The number of hydrazone groups is 1. The van der Waals surface area contributed by atoms with Crippen molar-refractivity contribution in [2.24, 2.45) is 22.4 Å². The Kier molecular flexibility index (Phi) is 4.76. The van der Waals surface area contributed by atoms with Crippen molar-refractivity contribution in [2.75, 3.05) is 5.75 Å². The summed E-state index contributed by atoms with van der Waals surface area (Å²) in [7, 11) is 0. The summed E-state index contributed by atoms with van der Waals surface area (Å²) < 4.78 is 0. The summed E-state index contributed by atoms with van der Waals surface area (Å²) in [6.45, 7) is 8.50. The molecule has 3 aliphatic carbocycles. The average molecular weight is 344 g/mol. The first kappa shape index (κ1) is 17.1. The molecular formula is C18H24N4OS. The van der Waals surface area contributed by atoms with E-state index in [1.54, 1.807) is 0 Å². The van der Waals surface area contributed by atoms with Crippen molar-refractivity contribution in [3.63, 3.8) is 0 Å². The van der Waals surface area contributed by atoms with E-state index in [9.17, 15) is 4.79 Å². The predicted molar refractivity (Wildman–Crippen MR) is 96.9 cm³/mol. The summed E-state index contributed by atoms with van der Waals surface area (Å²) in [6.07, 6.45) is 6.45. The van der Waals surface area contributed by atoms with Gasteiger partial charge in [0.2, 0.25) is 0 Å². The average Bonchev–Trinajstić information content (AvgIpc) is 2.52. The van der Waals surface area contributed by atoms with E-state index in [-0.39, 0.29) is 11.7 Å². The molecule has 0 unspecified atom stereocenters. The molecule has 2 atom stereocenters. The number of hydrogen-bond acceptors (Lipinski definition) is 5. The minimum atomic E-state index is -0.138. The number of aryl methyl sites for hydroxylation is 2. The SMILES string of the molecule is Cc1cc(C)nc(SCC(=O)N/N=C\C2=CC[C@@H]3C[C@@H]2C3(C)C)n1. The Labute approximate surface area is 147 Å². The first-order valence-electron chi connectivity index (χ1n) is 8.33. The number of rotatable bonds is 5. The van der Waals surface area contributed by atoms with Crippen molar-refractivity contribution in [2.45, 2.75) is 45.7 Å². The summed E-state index contributed by atoms with van der Waals surface area (Å²) in [5.74, 6) is 1.51. The molecule has 24 heavy (non-hydrogen) atoms. The molecule has 2 bridgehead atoms. The monoisotopic (exact) mass is 344 g/mol. The van der Waals surface area contributed by atoms with Crippen LogP contribution in [0.4, 0.5) is 0 Å². The summed E-state index contributed by atoms with van der Waals surface area (Å²) in [5.41, 5.74) is 6.06. The Morgan fingerprint density at radius 2 is 2.12 bits per heavy atom. The Balaban J connectivity index is 1.48. The minimum absolute atomic E-state index is 0.138. The van der Waals surface area contributed by atoms with Crippen LogP contribution < -0.4 is 5.43 Å². The third-order valence-corrected chi connectivity index (χ3v) is 6.06. The fourth-order valence-electron chi connectivity index (χ4n) is 3.64. The van der Waals surface area contributed by atoms with Crippen LogP contribution in [-0.4, -0.2) is 27.8 Å². The van der Waals surface area contributed by atoms with Gasteiger partial charge in [-0.2, -0.15) is 5.10 Å². The Hall–Kier alpha value is -1.69. The van der Waals surface area contributed by atoms with Crippen molar-refractivity contribution in [1.82, 2.24) is 15.4 Å². The fourth-order valence-corrected chi connectivity index (χ4v) is 4.39. The van der Waals surface area contributed by atoms with Gasteiger partial charge in [0.05, 0.1) is 12.0 Å². The lowest BCUT2D eigenvalue weighted by Gasteiger charge is -2.55. The number of nitrogens with one attached hydrogen (secondary N) is 1. The van der Waals surface area contributed by atoms with Gasteiger partial charge in [-0.3, -0.25) is 4.79 Å². The molecule has 128 valence electrons. The van der Waals surface area contributed by atoms with E-state index in [1.165, 1.54) is 23.8 Å². The van der Waals surface area contributed by atoms with Crippen LogP contribution in [0, 0.1) is 31.1 Å². The minimum Gasteiger partial charge on any atom is -0.272 e. The molecule has 1 aromatic rings. The first-order valence-corrected chi connectivity index (χ1v) is 9.32. The molecule has 1 N–H and O–H groups in total.